The van der Waals surface area contributed by atoms with E-state index in [2.05, 4.69) is 17.2 Å². The summed E-state index contributed by atoms with van der Waals surface area (Å²) in [5, 5.41) is 2.76. The lowest BCUT2D eigenvalue weighted by atomic mass is 10.0. The van der Waals surface area contributed by atoms with Crippen molar-refractivity contribution in [2.24, 2.45) is 0 Å². The minimum atomic E-state index is -0.120. The zero-order valence-corrected chi connectivity index (χ0v) is 11.7. The first-order valence-corrected chi connectivity index (χ1v) is 6.75. The number of benzene rings is 1. The highest BCUT2D eigenvalue weighted by atomic mass is 16.2. The van der Waals surface area contributed by atoms with Crippen molar-refractivity contribution in [1.29, 1.82) is 0 Å². The Morgan fingerprint density at radius 3 is 2.60 bits per heavy atom. The summed E-state index contributed by atoms with van der Waals surface area (Å²) in [7, 11) is 0. The number of fused-ring (bicyclic) bond motifs is 1. The molecule has 0 fully saturated rings. The highest BCUT2D eigenvalue weighted by Crippen LogP contribution is 2.33. The normalized spacial score (nSPS) is 12.8. The molecule has 1 amide bonds. The molecule has 1 aromatic rings. The van der Waals surface area contributed by atoms with Gasteiger partial charge in [-0.15, -0.1) is 5.92 Å². The average molecular weight is 267 g/mol. The Kier molecular flexibility index (Phi) is 4.37. The van der Waals surface area contributed by atoms with Gasteiger partial charge in [0.2, 0.25) is 11.7 Å². The van der Waals surface area contributed by atoms with Gasteiger partial charge in [-0.1, -0.05) is 37.1 Å². The second-order valence-corrected chi connectivity index (χ2v) is 4.63. The van der Waals surface area contributed by atoms with Crippen molar-refractivity contribution in [2.45, 2.75) is 33.1 Å². The fourth-order valence-electron chi connectivity index (χ4n) is 2.27. The summed E-state index contributed by atoms with van der Waals surface area (Å²) < 4.78 is 0. The van der Waals surface area contributed by atoms with Crippen LogP contribution in [0.2, 0.25) is 0 Å². The lowest BCUT2D eigenvalue weighted by Crippen LogP contribution is -2.26. The van der Waals surface area contributed by atoms with Gasteiger partial charge in [0, 0.05) is 18.4 Å². The summed E-state index contributed by atoms with van der Waals surface area (Å²) in [4.78, 5) is 24.2. The first kappa shape index (κ1) is 14.1. The van der Waals surface area contributed by atoms with Gasteiger partial charge >= 0.3 is 0 Å². The van der Waals surface area contributed by atoms with Crippen LogP contribution in [-0.2, 0) is 4.79 Å². The monoisotopic (exact) mass is 267 g/mol. The SMILES string of the molecule is CC#CCC1=C(NC(=O)CCC)C(=O)c2ccccc21. The molecule has 0 saturated heterocycles. The van der Waals surface area contributed by atoms with Crippen molar-refractivity contribution in [1.82, 2.24) is 5.32 Å². The first-order valence-electron chi connectivity index (χ1n) is 6.75. The van der Waals surface area contributed by atoms with Crippen LogP contribution >= 0.6 is 0 Å². The molecule has 3 nitrogen and oxygen atoms in total. The Bertz CT molecular complexity index is 644. The Balaban J connectivity index is 2.40. The summed E-state index contributed by atoms with van der Waals surface area (Å²) in [5.74, 6) is 5.57. The van der Waals surface area contributed by atoms with Crippen molar-refractivity contribution in [3.63, 3.8) is 0 Å². The summed E-state index contributed by atoms with van der Waals surface area (Å²) in [6.07, 6.45) is 1.64. The molecule has 0 bridgehead atoms. The molecule has 0 atom stereocenters. The van der Waals surface area contributed by atoms with E-state index < -0.39 is 0 Å². The van der Waals surface area contributed by atoms with Crippen LogP contribution in [0.15, 0.2) is 30.0 Å². The van der Waals surface area contributed by atoms with Crippen LogP contribution in [0.4, 0.5) is 0 Å². The highest BCUT2D eigenvalue weighted by Gasteiger charge is 2.29. The van der Waals surface area contributed by atoms with Crippen molar-refractivity contribution in [3.8, 4) is 11.8 Å². The number of carbonyl (C=O) groups is 2. The van der Waals surface area contributed by atoms with E-state index in [1.807, 2.05) is 25.1 Å². The first-order chi connectivity index (χ1) is 9.69. The topological polar surface area (TPSA) is 46.2 Å². The minimum absolute atomic E-state index is 0.113. The molecule has 0 radical (unpaired) electrons. The number of hydrogen-bond donors (Lipinski definition) is 1. The number of carbonyl (C=O) groups excluding carboxylic acids is 2. The number of allylic oxidation sites excluding steroid dienone is 2. The van der Waals surface area contributed by atoms with Gasteiger partial charge in [-0.05, 0) is 24.5 Å². The molecule has 1 aliphatic carbocycles. The van der Waals surface area contributed by atoms with Crippen LogP contribution in [0, 0.1) is 11.8 Å². The predicted molar refractivity (Wildman–Crippen MR) is 78.8 cm³/mol. The maximum atomic E-state index is 12.4. The molecule has 0 unspecified atom stereocenters. The van der Waals surface area contributed by atoms with Crippen molar-refractivity contribution < 1.29 is 9.59 Å². The molecule has 102 valence electrons. The number of amides is 1. The molecule has 1 N–H and O–H groups in total. The largest absolute Gasteiger partial charge is 0.323 e. The molecule has 2 rings (SSSR count). The fraction of sp³-hybridized carbons (Fsp3) is 0.294. The van der Waals surface area contributed by atoms with E-state index in [0.29, 0.717) is 24.1 Å². The minimum Gasteiger partial charge on any atom is -0.323 e. The summed E-state index contributed by atoms with van der Waals surface area (Å²) in [6, 6.07) is 7.41. The summed E-state index contributed by atoms with van der Waals surface area (Å²) >= 11 is 0. The molecule has 20 heavy (non-hydrogen) atoms. The van der Waals surface area contributed by atoms with Gasteiger partial charge in [-0.25, -0.2) is 0 Å². The number of rotatable bonds is 4. The Morgan fingerprint density at radius 1 is 1.25 bits per heavy atom. The van der Waals surface area contributed by atoms with Crippen LogP contribution in [0.3, 0.4) is 0 Å². The van der Waals surface area contributed by atoms with E-state index in [1.165, 1.54) is 0 Å². The van der Waals surface area contributed by atoms with E-state index in [-0.39, 0.29) is 11.7 Å². The van der Waals surface area contributed by atoms with Gasteiger partial charge in [0.05, 0.1) is 5.70 Å². The molecule has 1 aromatic carbocycles. The molecule has 0 saturated carbocycles. The van der Waals surface area contributed by atoms with Crippen molar-refractivity contribution in [3.05, 3.63) is 41.1 Å². The third kappa shape index (κ3) is 2.65. The van der Waals surface area contributed by atoms with Gasteiger partial charge < -0.3 is 5.32 Å². The number of Topliss-reactive ketones (excluding diaryl/α,β-unsaturated/α-hetero) is 1. The van der Waals surface area contributed by atoms with E-state index in [9.17, 15) is 9.59 Å². The number of hydrogen-bond acceptors (Lipinski definition) is 2. The van der Waals surface area contributed by atoms with E-state index in [0.717, 1.165) is 17.6 Å². The van der Waals surface area contributed by atoms with Crippen LogP contribution in [0.25, 0.3) is 5.57 Å². The Morgan fingerprint density at radius 2 is 1.95 bits per heavy atom. The zero-order valence-electron chi connectivity index (χ0n) is 11.7. The van der Waals surface area contributed by atoms with Gasteiger partial charge in [0.25, 0.3) is 0 Å². The molecule has 0 aliphatic heterocycles. The maximum Gasteiger partial charge on any atom is 0.224 e. The highest BCUT2D eigenvalue weighted by molar-refractivity contribution is 6.21. The van der Waals surface area contributed by atoms with Crippen molar-refractivity contribution >= 4 is 17.3 Å². The second-order valence-electron chi connectivity index (χ2n) is 4.63. The van der Waals surface area contributed by atoms with Crippen molar-refractivity contribution in [2.75, 3.05) is 0 Å². The third-order valence-electron chi connectivity index (χ3n) is 3.21. The molecule has 0 heterocycles. The van der Waals surface area contributed by atoms with E-state index in [4.69, 9.17) is 0 Å². The Labute approximate surface area is 119 Å². The lowest BCUT2D eigenvalue weighted by molar-refractivity contribution is -0.120. The smallest absolute Gasteiger partial charge is 0.224 e. The van der Waals surface area contributed by atoms with Gasteiger partial charge in [0.15, 0.2) is 0 Å². The quantitative estimate of drug-likeness (QED) is 0.853. The standard InChI is InChI=1S/C17H17NO2/c1-3-5-9-13-12-10-6-7-11-14(12)17(20)16(13)18-15(19)8-4-2/h6-7,10-11H,4,8-9H2,1-2H3,(H,18,19,20). The predicted octanol–water partition coefficient (Wildman–Crippen LogP) is 2.92. The third-order valence-corrected chi connectivity index (χ3v) is 3.21. The summed E-state index contributed by atoms with van der Waals surface area (Å²) in [6.45, 7) is 3.70. The molecule has 0 spiro atoms. The Hall–Kier alpha value is -2.34. The lowest BCUT2D eigenvalue weighted by Gasteiger charge is -2.06. The van der Waals surface area contributed by atoms with Crippen LogP contribution in [-0.4, -0.2) is 11.7 Å². The molecular formula is C17H17NO2. The molecule has 0 aromatic heterocycles. The van der Waals surface area contributed by atoms with Crippen LogP contribution in [0.5, 0.6) is 0 Å². The average Bonchev–Trinajstić information content (AvgIpc) is 2.71. The maximum absolute atomic E-state index is 12.4. The molecule has 1 aliphatic rings. The van der Waals surface area contributed by atoms with E-state index >= 15 is 0 Å². The van der Waals surface area contributed by atoms with Gasteiger partial charge in [0.1, 0.15) is 0 Å². The zero-order chi connectivity index (χ0) is 14.5. The van der Waals surface area contributed by atoms with Gasteiger partial charge in [-0.3, -0.25) is 9.59 Å². The summed E-state index contributed by atoms with van der Waals surface area (Å²) in [5.41, 5.74) is 2.75. The number of nitrogens with one attached hydrogen (secondary N) is 1. The van der Waals surface area contributed by atoms with Crippen LogP contribution in [0.1, 0.15) is 49.0 Å². The molecule has 3 heteroatoms. The van der Waals surface area contributed by atoms with E-state index in [1.54, 1.807) is 13.0 Å². The fourth-order valence-corrected chi connectivity index (χ4v) is 2.27. The number of ketones is 1. The molecular weight excluding hydrogens is 250 g/mol. The van der Waals surface area contributed by atoms with Gasteiger partial charge in [-0.2, -0.15) is 0 Å². The van der Waals surface area contributed by atoms with Crippen LogP contribution < -0.4 is 5.32 Å². The second kappa shape index (κ2) is 6.21.